The Bertz CT molecular complexity index is 998. The van der Waals surface area contributed by atoms with Crippen LogP contribution in [0.25, 0.3) is 0 Å². The number of amides is 1. The normalized spacial score (nSPS) is 13.3. The number of aliphatic hydroxyl groups is 3. The van der Waals surface area contributed by atoms with Gasteiger partial charge < -0.3 is 20.6 Å². The van der Waals surface area contributed by atoms with Crippen molar-refractivity contribution in [2.75, 3.05) is 6.61 Å². The Morgan fingerprint density at radius 1 is 0.358 bits per heavy atom. The van der Waals surface area contributed by atoms with Gasteiger partial charge in [0.15, 0.2) is 0 Å². The molecule has 67 heavy (non-hydrogen) atoms. The fraction of sp³-hybridized carbons (Fsp3) is 0.919. The van der Waals surface area contributed by atoms with Crippen LogP contribution in [0.15, 0.2) is 24.3 Å². The molecule has 398 valence electrons. The van der Waals surface area contributed by atoms with Crippen molar-refractivity contribution in [3.05, 3.63) is 24.3 Å². The summed E-state index contributed by atoms with van der Waals surface area (Å²) >= 11 is 0. The number of nitrogens with one attached hydrogen (secondary N) is 1. The first-order chi connectivity index (χ1) is 33.1. The van der Waals surface area contributed by atoms with E-state index in [4.69, 9.17) is 0 Å². The quantitative estimate of drug-likeness (QED) is 0.0361. The minimum atomic E-state index is -1.16. The average Bonchev–Trinajstić information content (AvgIpc) is 3.33. The molecule has 5 heteroatoms. The van der Waals surface area contributed by atoms with Crippen LogP contribution in [0.2, 0.25) is 0 Å². The molecule has 3 unspecified atom stereocenters. The maximum atomic E-state index is 12.5. The van der Waals surface area contributed by atoms with Crippen molar-refractivity contribution >= 4 is 5.91 Å². The molecule has 5 nitrogen and oxygen atoms in total. The van der Waals surface area contributed by atoms with Crippen molar-refractivity contribution in [1.29, 1.82) is 0 Å². The van der Waals surface area contributed by atoms with Gasteiger partial charge in [0.1, 0.15) is 6.10 Å². The third-order valence-corrected chi connectivity index (χ3v) is 14.5. The molecule has 4 N–H and O–H groups in total. The van der Waals surface area contributed by atoms with Crippen molar-refractivity contribution in [3.8, 4) is 0 Å². The van der Waals surface area contributed by atoms with Crippen LogP contribution < -0.4 is 5.32 Å². The van der Waals surface area contributed by atoms with Gasteiger partial charge in [-0.25, -0.2) is 0 Å². The van der Waals surface area contributed by atoms with E-state index >= 15 is 0 Å². The monoisotopic (exact) mass is 944 g/mol. The Kier molecular flexibility index (Phi) is 56.4. The lowest BCUT2D eigenvalue weighted by molar-refractivity contribution is -0.124. The Hall–Kier alpha value is -1.17. The lowest BCUT2D eigenvalue weighted by Gasteiger charge is -2.26. The van der Waals surface area contributed by atoms with Gasteiger partial charge in [-0.2, -0.15) is 0 Å². The van der Waals surface area contributed by atoms with E-state index in [1.807, 2.05) is 0 Å². The van der Waals surface area contributed by atoms with Gasteiger partial charge in [-0.15, -0.1) is 0 Å². The zero-order valence-electron chi connectivity index (χ0n) is 45.6. The van der Waals surface area contributed by atoms with Gasteiger partial charge in [0.2, 0.25) is 5.91 Å². The molecule has 0 radical (unpaired) electrons. The molecule has 0 aliphatic carbocycles. The van der Waals surface area contributed by atoms with Gasteiger partial charge in [-0.05, 0) is 64.2 Å². The lowest BCUT2D eigenvalue weighted by Crippen LogP contribution is -2.50. The number of aliphatic hydroxyl groups excluding tert-OH is 3. The first-order valence-corrected chi connectivity index (χ1v) is 30.6. The van der Waals surface area contributed by atoms with Crippen LogP contribution >= 0.6 is 0 Å². The summed E-state index contributed by atoms with van der Waals surface area (Å²) in [6, 6.07) is -0.825. The molecule has 0 aliphatic rings. The summed E-state index contributed by atoms with van der Waals surface area (Å²) in [6.45, 7) is 4.21. The van der Waals surface area contributed by atoms with Gasteiger partial charge in [0.05, 0.1) is 18.8 Å². The van der Waals surface area contributed by atoms with E-state index in [1.54, 1.807) is 0 Å². The standard InChI is InChI=1S/C62H121NO4/c1-3-5-7-9-11-13-15-17-19-21-23-25-27-28-29-30-31-32-33-34-35-37-39-41-43-45-47-49-51-53-55-57-61(66)63-59(58-64)62(67)60(65)56-54-52-50-48-46-44-42-40-38-36-26-24-22-20-18-16-14-12-10-8-6-4-2/h28-29,48,50,59-60,62,64-65,67H,3-27,30-47,49,51-58H2,1-2H3,(H,63,66)/b29-28-,50-48+. The van der Waals surface area contributed by atoms with Gasteiger partial charge in [-0.3, -0.25) is 4.79 Å². The van der Waals surface area contributed by atoms with Crippen molar-refractivity contribution < 1.29 is 20.1 Å². The summed E-state index contributed by atoms with van der Waals surface area (Å²) in [5.74, 6) is -0.148. The number of hydrogen-bond acceptors (Lipinski definition) is 4. The number of allylic oxidation sites excluding steroid dienone is 4. The highest BCUT2D eigenvalue weighted by atomic mass is 16.3. The molecule has 0 heterocycles. The van der Waals surface area contributed by atoms with E-state index in [-0.39, 0.29) is 12.5 Å². The number of hydrogen-bond donors (Lipinski definition) is 4. The molecule has 0 fully saturated rings. The molecule has 1 amide bonds. The van der Waals surface area contributed by atoms with E-state index in [0.717, 1.165) is 38.5 Å². The van der Waals surface area contributed by atoms with Crippen LogP contribution in [0, 0.1) is 0 Å². The molecular weight excluding hydrogens is 823 g/mol. The highest BCUT2D eigenvalue weighted by Gasteiger charge is 2.26. The Balaban J connectivity index is 3.51. The molecule has 3 atom stereocenters. The van der Waals surface area contributed by atoms with E-state index in [0.29, 0.717) is 12.8 Å². The summed E-state index contributed by atoms with van der Waals surface area (Å²) < 4.78 is 0. The molecule has 0 saturated heterocycles. The van der Waals surface area contributed by atoms with Gasteiger partial charge in [-0.1, -0.05) is 295 Å². The van der Waals surface area contributed by atoms with Gasteiger partial charge in [0.25, 0.3) is 0 Å². The van der Waals surface area contributed by atoms with Crippen molar-refractivity contribution in [1.82, 2.24) is 5.32 Å². The summed E-state index contributed by atoms with van der Waals surface area (Å²) in [5.41, 5.74) is 0. The summed E-state index contributed by atoms with van der Waals surface area (Å²) in [6.07, 6.45) is 73.6. The summed E-state index contributed by atoms with van der Waals surface area (Å²) in [4.78, 5) is 12.5. The zero-order chi connectivity index (χ0) is 48.6. The molecule has 0 saturated carbocycles. The fourth-order valence-corrected chi connectivity index (χ4v) is 9.81. The minimum Gasteiger partial charge on any atom is -0.394 e. The zero-order valence-corrected chi connectivity index (χ0v) is 45.6. The predicted molar refractivity (Wildman–Crippen MR) is 296 cm³/mol. The molecule has 0 aromatic carbocycles. The molecular formula is C62H121NO4. The highest BCUT2D eigenvalue weighted by molar-refractivity contribution is 5.76. The highest BCUT2D eigenvalue weighted by Crippen LogP contribution is 2.18. The molecule has 0 aliphatic heterocycles. The number of carbonyl (C=O) groups is 1. The minimum absolute atomic E-state index is 0.148. The Morgan fingerprint density at radius 3 is 0.866 bits per heavy atom. The lowest BCUT2D eigenvalue weighted by atomic mass is 10.0. The Labute approximate surface area is 420 Å². The number of carbonyl (C=O) groups excluding carboxylic acids is 1. The Morgan fingerprint density at radius 2 is 0.597 bits per heavy atom. The van der Waals surface area contributed by atoms with Crippen molar-refractivity contribution in [3.63, 3.8) is 0 Å². The second-order valence-corrected chi connectivity index (χ2v) is 21.3. The molecule has 0 rings (SSSR count). The van der Waals surface area contributed by atoms with Crippen LogP contribution in [0.5, 0.6) is 0 Å². The van der Waals surface area contributed by atoms with Crippen LogP contribution in [0.4, 0.5) is 0 Å². The largest absolute Gasteiger partial charge is 0.394 e. The van der Waals surface area contributed by atoms with Crippen molar-refractivity contribution in [2.24, 2.45) is 0 Å². The maximum Gasteiger partial charge on any atom is 0.220 e. The topological polar surface area (TPSA) is 89.8 Å². The van der Waals surface area contributed by atoms with Gasteiger partial charge in [0, 0.05) is 6.42 Å². The SMILES string of the molecule is CCCCCCCCCCCCCC/C=C\CCCCCCCCCCCCCCCCCC(=O)NC(CO)C(O)C(O)CCC/C=C/CCCCCCCCCCCCCCCCCCC. The van der Waals surface area contributed by atoms with E-state index in [2.05, 4.69) is 43.5 Å². The predicted octanol–water partition coefficient (Wildman–Crippen LogP) is 19.2. The van der Waals surface area contributed by atoms with Crippen LogP contribution in [0.3, 0.4) is 0 Å². The molecule has 0 aromatic heterocycles. The number of unbranched alkanes of at least 4 members (excludes halogenated alkanes) is 45. The van der Waals surface area contributed by atoms with E-state index in [1.165, 1.54) is 276 Å². The smallest absolute Gasteiger partial charge is 0.220 e. The molecule has 0 aromatic rings. The first kappa shape index (κ1) is 65.8. The molecule has 0 spiro atoms. The van der Waals surface area contributed by atoms with Crippen LogP contribution in [-0.2, 0) is 4.79 Å². The van der Waals surface area contributed by atoms with Gasteiger partial charge >= 0.3 is 0 Å². The third-order valence-electron chi connectivity index (χ3n) is 14.5. The maximum absolute atomic E-state index is 12.5. The first-order valence-electron chi connectivity index (χ1n) is 30.6. The summed E-state index contributed by atoms with van der Waals surface area (Å²) in [5, 5.41) is 33.8. The summed E-state index contributed by atoms with van der Waals surface area (Å²) in [7, 11) is 0. The second-order valence-electron chi connectivity index (χ2n) is 21.3. The average molecular weight is 945 g/mol. The van der Waals surface area contributed by atoms with Crippen molar-refractivity contribution in [2.45, 2.75) is 360 Å². The van der Waals surface area contributed by atoms with Crippen LogP contribution in [-0.4, -0.2) is 46.1 Å². The molecule has 0 bridgehead atoms. The van der Waals surface area contributed by atoms with Crippen LogP contribution in [0.1, 0.15) is 341 Å². The third kappa shape index (κ3) is 52.5. The van der Waals surface area contributed by atoms with E-state index < -0.39 is 18.2 Å². The second kappa shape index (κ2) is 57.4. The van der Waals surface area contributed by atoms with E-state index in [9.17, 15) is 20.1 Å². The fourth-order valence-electron chi connectivity index (χ4n) is 9.81. The number of rotatable bonds is 57.